The van der Waals surface area contributed by atoms with Gasteiger partial charge in [-0.15, -0.1) is 0 Å². The molecule has 0 aromatic heterocycles. The standard InChI is InChI=1S/C6H14OS4/c7-1-5(9)3-11-4-6(10)2-8/h5-10H,1-4H2. The van der Waals surface area contributed by atoms with E-state index in [4.69, 9.17) is 5.11 Å². The van der Waals surface area contributed by atoms with Crippen LogP contribution in [0.5, 0.6) is 0 Å². The second-order valence-electron chi connectivity index (χ2n) is 2.21. The first kappa shape index (κ1) is 12.4. The predicted octanol–water partition coefficient (Wildman–Crippen LogP) is 1.24. The van der Waals surface area contributed by atoms with E-state index in [0.29, 0.717) is 5.25 Å². The smallest absolute Gasteiger partial charge is 0.0555 e. The quantitative estimate of drug-likeness (QED) is 0.515. The molecule has 5 heteroatoms. The number of thiol groups is 3. The van der Waals surface area contributed by atoms with Gasteiger partial charge in [0.2, 0.25) is 0 Å². The average molecular weight is 230 g/mol. The van der Waals surface area contributed by atoms with Gasteiger partial charge in [0, 0.05) is 27.8 Å². The van der Waals surface area contributed by atoms with E-state index in [0.717, 1.165) is 17.3 Å². The molecule has 0 rings (SSSR count). The van der Waals surface area contributed by atoms with Crippen molar-refractivity contribution in [1.29, 1.82) is 0 Å². The summed E-state index contributed by atoms with van der Waals surface area (Å²) < 4.78 is 0. The molecule has 0 aliphatic rings. The van der Waals surface area contributed by atoms with Crippen LogP contribution in [0.1, 0.15) is 0 Å². The van der Waals surface area contributed by atoms with Gasteiger partial charge in [0.15, 0.2) is 0 Å². The Bertz CT molecular complexity index is 80.7. The van der Waals surface area contributed by atoms with Gasteiger partial charge in [-0.2, -0.15) is 49.6 Å². The lowest BCUT2D eigenvalue weighted by Crippen LogP contribution is -2.11. The van der Waals surface area contributed by atoms with E-state index in [2.05, 4.69) is 37.9 Å². The van der Waals surface area contributed by atoms with E-state index in [1.54, 1.807) is 11.8 Å². The fourth-order valence-corrected chi connectivity index (χ4v) is 2.29. The lowest BCUT2D eigenvalue weighted by atomic mass is 10.5. The number of hydrogen-bond acceptors (Lipinski definition) is 5. The zero-order valence-electron chi connectivity index (χ0n) is 6.18. The maximum Gasteiger partial charge on any atom is 0.0555 e. The summed E-state index contributed by atoms with van der Waals surface area (Å²) >= 11 is 14.3. The molecule has 0 saturated carbocycles. The van der Waals surface area contributed by atoms with Gasteiger partial charge >= 0.3 is 0 Å². The van der Waals surface area contributed by atoms with E-state index < -0.39 is 0 Å². The summed E-state index contributed by atoms with van der Waals surface area (Å²) in [5.74, 6) is 2.65. The van der Waals surface area contributed by atoms with Crippen molar-refractivity contribution in [3.63, 3.8) is 0 Å². The number of thioether (sulfide) groups is 1. The molecule has 0 bridgehead atoms. The highest BCUT2D eigenvalue weighted by Gasteiger charge is 2.03. The molecular weight excluding hydrogens is 216 g/mol. The Hall–Kier alpha value is 1.36. The number of aliphatic hydroxyl groups is 1. The van der Waals surface area contributed by atoms with E-state index in [1.807, 2.05) is 0 Å². The van der Waals surface area contributed by atoms with E-state index >= 15 is 0 Å². The largest absolute Gasteiger partial charge is 0.395 e. The zero-order valence-corrected chi connectivity index (χ0v) is 9.68. The van der Waals surface area contributed by atoms with E-state index in [-0.39, 0.29) is 11.9 Å². The summed E-state index contributed by atoms with van der Waals surface area (Å²) in [7, 11) is 0. The van der Waals surface area contributed by atoms with Crippen LogP contribution in [0, 0.1) is 0 Å². The third kappa shape index (κ3) is 7.71. The Balaban J connectivity index is 3.13. The molecule has 0 aromatic carbocycles. The number of rotatable bonds is 6. The third-order valence-corrected chi connectivity index (χ3v) is 4.25. The number of aliphatic hydroxyl groups excluding tert-OH is 1. The van der Waals surface area contributed by atoms with Crippen molar-refractivity contribution in [3.05, 3.63) is 0 Å². The van der Waals surface area contributed by atoms with Crippen LogP contribution in [0.2, 0.25) is 0 Å². The van der Waals surface area contributed by atoms with Gasteiger partial charge in [-0.05, 0) is 0 Å². The first-order valence-electron chi connectivity index (χ1n) is 3.36. The summed E-state index contributed by atoms with van der Waals surface area (Å²) in [6.07, 6.45) is 0. The van der Waals surface area contributed by atoms with Crippen LogP contribution < -0.4 is 0 Å². The van der Waals surface area contributed by atoms with Crippen LogP contribution in [0.4, 0.5) is 0 Å². The van der Waals surface area contributed by atoms with E-state index in [1.165, 1.54) is 0 Å². The molecule has 0 aliphatic heterocycles. The highest BCUT2D eigenvalue weighted by atomic mass is 32.2. The maximum absolute atomic E-state index is 8.63. The minimum Gasteiger partial charge on any atom is -0.395 e. The summed E-state index contributed by atoms with van der Waals surface area (Å²) in [4.78, 5) is 0. The summed E-state index contributed by atoms with van der Waals surface area (Å²) in [6.45, 7) is 0.147. The highest BCUT2D eigenvalue weighted by molar-refractivity contribution is 8.00. The molecule has 1 nitrogen and oxygen atoms in total. The molecule has 0 fully saturated rings. The molecule has 0 amide bonds. The molecule has 68 valence electrons. The van der Waals surface area contributed by atoms with Crippen LogP contribution >= 0.6 is 49.6 Å². The molecule has 0 aromatic rings. The first-order valence-corrected chi connectivity index (χ1v) is 6.18. The average Bonchev–Trinajstić information content (AvgIpc) is 2.04. The van der Waals surface area contributed by atoms with Gasteiger partial charge in [-0.25, -0.2) is 0 Å². The van der Waals surface area contributed by atoms with Gasteiger partial charge in [0.1, 0.15) is 0 Å². The lowest BCUT2D eigenvalue weighted by Gasteiger charge is -2.09. The Labute approximate surface area is 88.9 Å². The number of hydrogen-bond donors (Lipinski definition) is 4. The molecule has 0 saturated heterocycles. The van der Waals surface area contributed by atoms with Crippen LogP contribution in [-0.2, 0) is 0 Å². The van der Waals surface area contributed by atoms with Crippen LogP contribution in [0.15, 0.2) is 0 Å². The monoisotopic (exact) mass is 230 g/mol. The first-order chi connectivity index (χ1) is 5.20. The maximum atomic E-state index is 8.63. The Morgan fingerprint density at radius 2 is 1.73 bits per heavy atom. The minimum absolute atomic E-state index is 0.0976. The van der Waals surface area contributed by atoms with Gasteiger partial charge < -0.3 is 5.11 Å². The van der Waals surface area contributed by atoms with E-state index in [9.17, 15) is 0 Å². The molecule has 2 unspecified atom stereocenters. The van der Waals surface area contributed by atoms with Gasteiger partial charge in [-0.3, -0.25) is 0 Å². The van der Waals surface area contributed by atoms with Crippen molar-refractivity contribution in [2.45, 2.75) is 10.5 Å². The fraction of sp³-hybridized carbons (Fsp3) is 1.00. The van der Waals surface area contributed by atoms with Crippen LogP contribution in [0.25, 0.3) is 0 Å². The highest BCUT2D eigenvalue weighted by Crippen LogP contribution is 2.12. The molecular formula is C6H14OS4. The van der Waals surface area contributed by atoms with Crippen molar-refractivity contribution >= 4 is 49.6 Å². The zero-order chi connectivity index (χ0) is 8.69. The summed E-state index contributed by atoms with van der Waals surface area (Å²) in [5.41, 5.74) is 0. The van der Waals surface area contributed by atoms with Gasteiger partial charge in [0.25, 0.3) is 0 Å². The van der Waals surface area contributed by atoms with Crippen molar-refractivity contribution < 1.29 is 5.11 Å². The molecule has 1 N–H and O–H groups in total. The van der Waals surface area contributed by atoms with Crippen LogP contribution in [0.3, 0.4) is 0 Å². The predicted molar refractivity (Wildman–Crippen MR) is 63.8 cm³/mol. The molecule has 0 heterocycles. The SMILES string of the molecule is OCC(S)CSCC(S)CS. The second-order valence-corrected chi connectivity index (χ2v) is 5.11. The van der Waals surface area contributed by atoms with Crippen molar-refractivity contribution in [1.82, 2.24) is 0 Å². The van der Waals surface area contributed by atoms with Crippen molar-refractivity contribution in [2.75, 3.05) is 23.9 Å². The molecule has 11 heavy (non-hydrogen) atoms. The fourth-order valence-electron chi connectivity index (χ4n) is 0.446. The van der Waals surface area contributed by atoms with Crippen molar-refractivity contribution in [3.8, 4) is 0 Å². The second kappa shape index (κ2) is 7.98. The van der Waals surface area contributed by atoms with Crippen LogP contribution in [-0.4, -0.2) is 39.5 Å². The molecule has 0 radical (unpaired) electrons. The van der Waals surface area contributed by atoms with Crippen molar-refractivity contribution in [2.24, 2.45) is 0 Å². The lowest BCUT2D eigenvalue weighted by molar-refractivity contribution is 0.302. The molecule has 0 aliphatic carbocycles. The minimum atomic E-state index is 0.0976. The molecule has 2 atom stereocenters. The van der Waals surface area contributed by atoms with Gasteiger partial charge in [0.05, 0.1) is 6.61 Å². The third-order valence-electron chi connectivity index (χ3n) is 1.04. The van der Waals surface area contributed by atoms with Gasteiger partial charge in [-0.1, -0.05) is 0 Å². The molecule has 0 spiro atoms. The summed E-state index contributed by atoms with van der Waals surface area (Å²) in [6, 6.07) is 0. The summed E-state index contributed by atoms with van der Waals surface area (Å²) in [5, 5.41) is 9.08. The Kier molecular flexibility index (Phi) is 8.97. The normalized spacial score (nSPS) is 16.4. The Morgan fingerprint density at radius 3 is 2.18 bits per heavy atom. The topological polar surface area (TPSA) is 20.2 Å². The Morgan fingerprint density at radius 1 is 1.18 bits per heavy atom.